The number of nitrogens with two attached hydrogens (primary N) is 1. The van der Waals surface area contributed by atoms with Gasteiger partial charge in [0.15, 0.2) is 0 Å². The summed E-state index contributed by atoms with van der Waals surface area (Å²) >= 11 is 0. The van der Waals surface area contributed by atoms with Crippen LogP contribution in [0.5, 0.6) is 0 Å². The molecule has 0 atom stereocenters. The zero-order valence-electron chi connectivity index (χ0n) is 9.46. The van der Waals surface area contributed by atoms with Crippen molar-refractivity contribution < 1.29 is 23.9 Å². The molecule has 7 heteroatoms. The third-order valence-corrected chi connectivity index (χ3v) is 2.88. The van der Waals surface area contributed by atoms with Crippen LogP contribution in [0.3, 0.4) is 0 Å². The van der Waals surface area contributed by atoms with Crippen LogP contribution < -0.4 is 5.73 Å². The molecule has 0 aliphatic heterocycles. The minimum atomic E-state index is -4.21. The topological polar surface area (TPSA) is 110 Å². The highest BCUT2D eigenvalue weighted by Gasteiger charge is 2.18. The Balaban J connectivity index is 0.000000288. The quantitative estimate of drug-likeness (QED) is 0.491. The number of hydrogen-bond donors (Lipinski definition) is 3. The van der Waals surface area contributed by atoms with Crippen molar-refractivity contribution in [3.8, 4) is 0 Å². The van der Waals surface area contributed by atoms with E-state index in [1.807, 2.05) is 0 Å². The fraction of sp³-hybridized carbons (Fsp3) is 0.889. The number of carbonyl (C=O) groups excluding carboxylic acids is 1. The van der Waals surface area contributed by atoms with Gasteiger partial charge >= 0.3 is 13.6 Å². The van der Waals surface area contributed by atoms with Gasteiger partial charge < -0.3 is 20.3 Å². The molecule has 1 rings (SSSR count). The molecule has 6 nitrogen and oxygen atoms in total. The molecule has 0 aromatic heterocycles. The first kappa shape index (κ1) is 15.6. The summed E-state index contributed by atoms with van der Waals surface area (Å²) in [5.74, 6) is -0.900. The Morgan fingerprint density at radius 1 is 1.38 bits per heavy atom. The summed E-state index contributed by atoms with van der Waals surface area (Å²) in [4.78, 5) is 26.4. The molecule has 0 saturated heterocycles. The first-order chi connectivity index (χ1) is 7.35. The fourth-order valence-corrected chi connectivity index (χ4v) is 1.83. The minimum Gasteiger partial charge on any atom is -0.469 e. The van der Waals surface area contributed by atoms with E-state index in [9.17, 15) is 9.36 Å². The lowest BCUT2D eigenvalue weighted by molar-refractivity contribution is -0.137. The van der Waals surface area contributed by atoms with E-state index >= 15 is 0 Å². The first-order valence-corrected chi connectivity index (χ1v) is 7.02. The molecule has 0 spiro atoms. The van der Waals surface area contributed by atoms with Crippen molar-refractivity contribution in [1.29, 1.82) is 0 Å². The van der Waals surface area contributed by atoms with Gasteiger partial charge in [0.05, 0.1) is 7.11 Å². The van der Waals surface area contributed by atoms with Crippen LogP contribution in [0.4, 0.5) is 0 Å². The molecule has 16 heavy (non-hydrogen) atoms. The van der Waals surface area contributed by atoms with E-state index in [4.69, 9.17) is 15.5 Å². The van der Waals surface area contributed by atoms with E-state index < -0.39 is 19.7 Å². The van der Waals surface area contributed by atoms with Crippen LogP contribution in [0, 0.1) is 0 Å². The van der Waals surface area contributed by atoms with E-state index in [2.05, 4.69) is 4.74 Å². The Hall–Kier alpha value is -0.420. The van der Waals surface area contributed by atoms with Crippen molar-refractivity contribution in [3.05, 3.63) is 0 Å². The van der Waals surface area contributed by atoms with Gasteiger partial charge in [-0.1, -0.05) is 19.3 Å². The lowest BCUT2D eigenvalue weighted by Gasteiger charge is -2.15. The fourth-order valence-electron chi connectivity index (χ4n) is 1.37. The van der Waals surface area contributed by atoms with Gasteiger partial charge in [0.2, 0.25) is 0 Å². The van der Waals surface area contributed by atoms with Crippen molar-refractivity contribution in [3.63, 3.8) is 0 Å². The van der Waals surface area contributed by atoms with E-state index in [1.54, 1.807) is 0 Å². The molecule has 1 aliphatic carbocycles. The van der Waals surface area contributed by atoms with Gasteiger partial charge in [0.1, 0.15) is 6.16 Å². The van der Waals surface area contributed by atoms with Gasteiger partial charge in [-0.3, -0.25) is 9.36 Å². The third kappa shape index (κ3) is 10.1. The summed E-state index contributed by atoms with van der Waals surface area (Å²) in [7, 11) is -3.15. The largest absolute Gasteiger partial charge is 0.469 e. The molecule has 0 radical (unpaired) electrons. The standard InChI is InChI=1S/C6H13N.C3H7O5P/c7-6-4-2-1-3-5-6;1-8-3(4)2-9(5,6)7/h6H,1-5,7H2;2H2,1H3,(H2,5,6,7). The predicted molar refractivity (Wildman–Crippen MR) is 60.0 cm³/mol. The summed E-state index contributed by atoms with van der Waals surface area (Å²) in [5.41, 5.74) is 5.63. The molecule has 0 unspecified atom stereocenters. The zero-order valence-corrected chi connectivity index (χ0v) is 10.4. The Morgan fingerprint density at radius 2 is 1.88 bits per heavy atom. The minimum absolute atomic E-state index is 0.536. The van der Waals surface area contributed by atoms with Gasteiger partial charge in [0.25, 0.3) is 0 Å². The first-order valence-electron chi connectivity index (χ1n) is 5.22. The molecular formula is C9H20NO5P. The Bertz CT molecular complexity index is 246. The highest BCUT2D eigenvalue weighted by molar-refractivity contribution is 7.52. The maximum atomic E-state index is 10.1. The highest BCUT2D eigenvalue weighted by Crippen LogP contribution is 2.33. The SMILES string of the molecule is COC(=O)CP(=O)(O)O.NC1CCCCC1. The normalized spacial score (nSPS) is 17.2. The molecule has 1 saturated carbocycles. The van der Waals surface area contributed by atoms with Gasteiger partial charge in [0, 0.05) is 6.04 Å². The van der Waals surface area contributed by atoms with Crippen LogP contribution >= 0.6 is 7.60 Å². The molecule has 1 aliphatic rings. The Kier molecular flexibility index (Phi) is 7.58. The summed E-state index contributed by atoms with van der Waals surface area (Å²) in [6.07, 6.45) is 5.82. The van der Waals surface area contributed by atoms with Gasteiger partial charge in [-0.15, -0.1) is 0 Å². The molecule has 0 amide bonds. The number of rotatable bonds is 2. The van der Waals surface area contributed by atoms with Crippen molar-refractivity contribution in [2.45, 2.75) is 38.1 Å². The second-order valence-corrected chi connectivity index (χ2v) is 5.44. The van der Waals surface area contributed by atoms with E-state index in [1.165, 1.54) is 32.1 Å². The number of hydrogen-bond acceptors (Lipinski definition) is 4. The molecule has 96 valence electrons. The van der Waals surface area contributed by atoms with Gasteiger partial charge in [-0.25, -0.2) is 0 Å². The van der Waals surface area contributed by atoms with Gasteiger partial charge in [-0.2, -0.15) is 0 Å². The molecular weight excluding hydrogens is 233 g/mol. The summed E-state index contributed by atoms with van der Waals surface area (Å²) < 4.78 is 14.0. The van der Waals surface area contributed by atoms with Crippen LogP contribution in [-0.4, -0.2) is 35.1 Å². The van der Waals surface area contributed by atoms with Crippen molar-refractivity contribution >= 4 is 13.6 Å². The third-order valence-electron chi connectivity index (χ3n) is 2.21. The average molecular weight is 253 g/mol. The Morgan fingerprint density at radius 3 is 2.06 bits per heavy atom. The molecule has 4 N–H and O–H groups in total. The van der Waals surface area contributed by atoms with Crippen LogP contribution in [0.15, 0.2) is 0 Å². The lowest BCUT2D eigenvalue weighted by atomic mass is 9.97. The van der Waals surface area contributed by atoms with Crippen molar-refractivity contribution in [1.82, 2.24) is 0 Å². The van der Waals surface area contributed by atoms with Crippen LogP contribution in [0.1, 0.15) is 32.1 Å². The summed E-state index contributed by atoms with van der Waals surface area (Å²) in [5, 5.41) is 0. The number of methoxy groups -OCH3 is 1. The predicted octanol–water partition coefficient (Wildman–Crippen LogP) is 0.615. The zero-order chi connectivity index (χ0) is 12.6. The monoisotopic (exact) mass is 253 g/mol. The molecule has 0 bridgehead atoms. The lowest BCUT2D eigenvalue weighted by Crippen LogP contribution is -2.22. The summed E-state index contributed by atoms with van der Waals surface area (Å²) in [6.45, 7) is 0. The second-order valence-electron chi connectivity index (χ2n) is 3.80. The molecule has 0 heterocycles. The molecule has 0 aromatic rings. The highest BCUT2D eigenvalue weighted by atomic mass is 31.2. The maximum absolute atomic E-state index is 10.1. The smallest absolute Gasteiger partial charge is 0.336 e. The van der Waals surface area contributed by atoms with E-state index in [0.717, 1.165) is 7.11 Å². The van der Waals surface area contributed by atoms with Crippen molar-refractivity contribution in [2.24, 2.45) is 5.73 Å². The second kappa shape index (κ2) is 7.79. The van der Waals surface area contributed by atoms with E-state index in [-0.39, 0.29) is 0 Å². The van der Waals surface area contributed by atoms with Crippen LogP contribution in [-0.2, 0) is 14.1 Å². The van der Waals surface area contributed by atoms with Crippen LogP contribution in [0.2, 0.25) is 0 Å². The van der Waals surface area contributed by atoms with Crippen LogP contribution in [0.25, 0.3) is 0 Å². The van der Waals surface area contributed by atoms with E-state index in [0.29, 0.717) is 6.04 Å². The molecule has 0 aromatic carbocycles. The number of ether oxygens (including phenoxy) is 1. The van der Waals surface area contributed by atoms with Gasteiger partial charge in [-0.05, 0) is 12.8 Å². The number of esters is 1. The number of carbonyl (C=O) groups is 1. The maximum Gasteiger partial charge on any atom is 0.336 e. The van der Waals surface area contributed by atoms with Crippen molar-refractivity contribution in [2.75, 3.05) is 13.3 Å². The summed E-state index contributed by atoms with van der Waals surface area (Å²) in [6, 6.07) is 0.536. The average Bonchev–Trinajstić information content (AvgIpc) is 2.17. The Labute approximate surface area is 95.3 Å². The molecule has 1 fully saturated rings.